The van der Waals surface area contributed by atoms with Crippen molar-refractivity contribution in [3.8, 4) is 12.3 Å². The lowest BCUT2D eigenvalue weighted by molar-refractivity contribution is 0.316. The van der Waals surface area contributed by atoms with Crippen molar-refractivity contribution in [2.24, 2.45) is 0 Å². The molecule has 0 aromatic heterocycles. The number of rotatable bonds is 1. The standard InChI is InChI=1S/C7H13N2O2P/c1-5-7-6-8(2)12(10,11-4)9(7)3/h1,7H,6H2,2-4H3. The first-order valence-corrected chi connectivity index (χ1v) is 5.16. The molecule has 0 N–H and O–H groups in total. The number of hydrogen-bond acceptors (Lipinski definition) is 2. The van der Waals surface area contributed by atoms with Crippen molar-refractivity contribution in [2.45, 2.75) is 6.04 Å². The quantitative estimate of drug-likeness (QED) is 0.446. The summed E-state index contributed by atoms with van der Waals surface area (Å²) in [6.45, 7) is 0.595. The van der Waals surface area contributed by atoms with Crippen LogP contribution in [-0.2, 0) is 9.09 Å². The summed E-state index contributed by atoms with van der Waals surface area (Å²) in [5.41, 5.74) is 0. The predicted octanol–water partition coefficient (Wildman–Crippen LogP) is 0.620. The fourth-order valence-electron chi connectivity index (χ4n) is 1.32. The van der Waals surface area contributed by atoms with Crippen LogP contribution in [0.4, 0.5) is 0 Å². The van der Waals surface area contributed by atoms with E-state index in [4.69, 9.17) is 10.9 Å². The Morgan fingerprint density at radius 3 is 2.50 bits per heavy atom. The zero-order valence-electron chi connectivity index (χ0n) is 7.52. The second-order valence-electron chi connectivity index (χ2n) is 2.77. The third kappa shape index (κ3) is 1.19. The molecule has 1 saturated heterocycles. The van der Waals surface area contributed by atoms with Crippen LogP contribution in [-0.4, -0.2) is 43.1 Å². The molecule has 1 fully saturated rings. The van der Waals surface area contributed by atoms with Crippen molar-refractivity contribution in [3.05, 3.63) is 0 Å². The highest BCUT2D eigenvalue weighted by molar-refractivity contribution is 7.54. The van der Waals surface area contributed by atoms with Gasteiger partial charge in [-0.2, -0.15) is 0 Å². The Balaban J connectivity index is 2.93. The molecule has 1 rings (SSSR count). The van der Waals surface area contributed by atoms with Crippen molar-refractivity contribution in [2.75, 3.05) is 27.7 Å². The molecule has 4 nitrogen and oxygen atoms in total. The van der Waals surface area contributed by atoms with E-state index in [0.29, 0.717) is 6.54 Å². The lowest BCUT2D eigenvalue weighted by atomic mass is 10.3. The molecule has 5 heteroatoms. The van der Waals surface area contributed by atoms with E-state index in [-0.39, 0.29) is 6.04 Å². The Kier molecular flexibility index (Phi) is 2.60. The van der Waals surface area contributed by atoms with Gasteiger partial charge in [0.05, 0.1) is 6.04 Å². The summed E-state index contributed by atoms with van der Waals surface area (Å²) in [7, 11) is 2.12. The zero-order chi connectivity index (χ0) is 9.35. The SMILES string of the molecule is C#CC1CN(C)P(=O)(OC)N1C. The first-order valence-electron chi connectivity index (χ1n) is 3.63. The van der Waals surface area contributed by atoms with Crippen LogP contribution >= 0.6 is 7.67 Å². The first-order chi connectivity index (χ1) is 5.56. The number of hydrogen-bond donors (Lipinski definition) is 0. The molecular weight excluding hydrogens is 175 g/mol. The highest BCUT2D eigenvalue weighted by Gasteiger charge is 2.44. The highest BCUT2D eigenvalue weighted by atomic mass is 31.2. The van der Waals surface area contributed by atoms with Crippen molar-refractivity contribution < 1.29 is 9.09 Å². The first kappa shape index (κ1) is 9.76. The van der Waals surface area contributed by atoms with E-state index in [1.54, 1.807) is 23.4 Å². The van der Waals surface area contributed by atoms with Gasteiger partial charge in [-0.25, -0.2) is 9.34 Å². The molecule has 2 atom stereocenters. The predicted molar refractivity (Wildman–Crippen MR) is 47.6 cm³/mol. The molecule has 2 unspecified atom stereocenters. The second kappa shape index (κ2) is 3.20. The summed E-state index contributed by atoms with van der Waals surface area (Å²) >= 11 is 0. The van der Waals surface area contributed by atoms with Crippen LogP contribution in [0.1, 0.15) is 0 Å². The van der Waals surface area contributed by atoms with Crippen LogP contribution in [0.25, 0.3) is 0 Å². The molecule has 1 heterocycles. The average Bonchev–Trinajstić information content (AvgIpc) is 2.30. The van der Waals surface area contributed by atoms with E-state index in [2.05, 4.69) is 5.92 Å². The number of likely N-dealkylation sites (N-methyl/N-ethyl adjacent to an activating group) is 2. The maximum absolute atomic E-state index is 11.9. The molecular formula is C7H13N2O2P. The molecule has 68 valence electrons. The van der Waals surface area contributed by atoms with Gasteiger partial charge in [0.15, 0.2) is 0 Å². The molecule has 0 radical (unpaired) electrons. The topological polar surface area (TPSA) is 32.8 Å². The molecule has 0 saturated carbocycles. The number of nitrogens with zero attached hydrogens (tertiary/aromatic N) is 2. The molecule has 0 aromatic rings. The van der Waals surface area contributed by atoms with Crippen LogP contribution in [0.3, 0.4) is 0 Å². The molecule has 1 aliphatic heterocycles. The lowest BCUT2D eigenvalue weighted by Gasteiger charge is -2.22. The Morgan fingerprint density at radius 2 is 2.25 bits per heavy atom. The van der Waals surface area contributed by atoms with Crippen molar-refractivity contribution in [1.82, 2.24) is 9.34 Å². The minimum absolute atomic E-state index is 0.110. The van der Waals surface area contributed by atoms with E-state index in [0.717, 1.165) is 0 Å². The highest BCUT2D eigenvalue weighted by Crippen LogP contribution is 2.56. The molecule has 0 aromatic carbocycles. The fourth-order valence-corrected chi connectivity index (χ4v) is 3.19. The maximum atomic E-state index is 11.9. The van der Waals surface area contributed by atoms with Crippen LogP contribution in [0, 0.1) is 12.3 Å². The van der Waals surface area contributed by atoms with Gasteiger partial charge in [-0.1, -0.05) is 5.92 Å². The molecule has 1 aliphatic rings. The van der Waals surface area contributed by atoms with Gasteiger partial charge in [-0.3, -0.25) is 4.57 Å². The third-order valence-corrected chi connectivity index (χ3v) is 4.73. The molecule has 0 aliphatic carbocycles. The molecule has 0 amide bonds. The Morgan fingerprint density at radius 1 is 1.67 bits per heavy atom. The van der Waals surface area contributed by atoms with Crippen molar-refractivity contribution in [1.29, 1.82) is 0 Å². The monoisotopic (exact) mass is 188 g/mol. The van der Waals surface area contributed by atoms with E-state index in [1.807, 2.05) is 0 Å². The normalized spacial score (nSPS) is 38.3. The number of terminal acetylenes is 1. The Labute approximate surface area is 73.0 Å². The summed E-state index contributed by atoms with van der Waals surface area (Å²) in [6, 6.07) is -0.110. The van der Waals surface area contributed by atoms with Crippen LogP contribution in [0.15, 0.2) is 0 Å². The van der Waals surface area contributed by atoms with Gasteiger partial charge in [0, 0.05) is 13.7 Å². The van der Waals surface area contributed by atoms with Crippen LogP contribution in [0.5, 0.6) is 0 Å². The zero-order valence-corrected chi connectivity index (χ0v) is 8.41. The van der Waals surface area contributed by atoms with Gasteiger partial charge < -0.3 is 4.52 Å². The van der Waals surface area contributed by atoms with Crippen molar-refractivity contribution >= 4 is 7.67 Å². The van der Waals surface area contributed by atoms with Gasteiger partial charge >= 0.3 is 7.67 Å². The molecule has 12 heavy (non-hydrogen) atoms. The minimum atomic E-state index is -2.78. The molecule has 0 spiro atoms. The smallest absolute Gasteiger partial charge is 0.309 e. The third-order valence-electron chi connectivity index (χ3n) is 2.15. The Bertz CT molecular complexity index is 261. The largest absolute Gasteiger partial charge is 0.346 e. The Hall–Kier alpha value is -0.330. The fraction of sp³-hybridized carbons (Fsp3) is 0.714. The average molecular weight is 188 g/mol. The van der Waals surface area contributed by atoms with Gasteiger partial charge in [-0.05, 0) is 14.1 Å². The lowest BCUT2D eigenvalue weighted by Crippen LogP contribution is -2.22. The maximum Gasteiger partial charge on any atom is 0.346 e. The van der Waals surface area contributed by atoms with E-state index >= 15 is 0 Å². The van der Waals surface area contributed by atoms with Gasteiger partial charge in [0.2, 0.25) is 0 Å². The molecule has 0 bridgehead atoms. The van der Waals surface area contributed by atoms with E-state index < -0.39 is 7.67 Å². The van der Waals surface area contributed by atoms with Gasteiger partial charge in [0.25, 0.3) is 0 Å². The van der Waals surface area contributed by atoms with Crippen LogP contribution < -0.4 is 0 Å². The van der Waals surface area contributed by atoms with E-state index in [9.17, 15) is 4.57 Å². The van der Waals surface area contributed by atoms with Crippen LogP contribution in [0.2, 0.25) is 0 Å². The van der Waals surface area contributed by atoms with E-state index in [1.165, 1.54) is 7.11 Å². The summed E-state index contributed by atoms with van der Waals surface area (Å²) in [4.78, 5) is 0. The van der Waals surface area contributed by atoms with Crippen molar-refractivity contribution in [3.63, 3.8) is 0 Å². The summed E-state index contributed by atoms with van der Waals surface area (Å²) in [6.07, 6.45) is 5.27. The van der Waals surface area contributed by atoms with Gasteiger partial charge in [0.1, 0.15) is 0 Å². The second-order valence-corrected chi connectivity index (χ2v) is 5.43. The summed E-state index contributed by atoms with van der Waals surface area (Å²) in [5.74, 6) is 2.57. The van der Waals surface area contributed by atoms with Gasteiger partial charge in [-0.15, -0.1) is 6.42 Å². The summed E-state index contributed by atoms with van der Waals surface area (Å²) < 4.78 is 20.2. The minimum Gasteiger partial charge on any atom is -0.309 e. The summed E-state index contributed by atoms with van der Waals surface area (Å²) in [5, 5.41) is 0.